The van der Waals surface area contributed by atoms with Crippen LogP contribution in [-0.4, -0.2) is 39.4 Å². The molecule has 5 nitrogen and oxygen atoms in total. The second-order valence-electron chi connectivity index (χ2n) is 4.28. The monoisotopic (exact) mass is 441 g/mol. The van der Waals surface area contributed by atoms with Crippen LogP contribution in [-0.2, 0) is 11.3 Å². The van der Waals surface area contributed by atoms with Gasteiger partial charge in [0.15, 0.2) is 5.96 Å². The van der Waals surface area contributed by atoms with Crippen LogP contribution >= 0.6 is 35.6 Å². The number of benzene rings is 1. The normalized spacial score (nSPS) is 10.8. The molecule has 0 saturated carbocycles. The van der Waals surface area contributed by atoms with Gasteiger partial charge >= 0.3 is 0 Å². The maximum Gasteiger partial charge on any atom is 0.191 e. The van der Waals surface area contributed by atoms with Crippen molar-refractivity contribution in [1.82, 2.24) is 10.6 Å². The van der Waals surface area contributed by atoms with Gasteiger partial charge in [-0.25, -0.2) is 4.99 Å². The molecule has 0 amide bonds. The van der Waals surface area contributed by atoms with Gasteiger partial charge in [-0.15, -0.1) is 24.0 Å². The number of halogens is 2. The molecule has 1 aromatic carbocycles. The molecule has 1 aromatic rings. The molecule has 1 rings (SSSR count). The average Bonchev–Trinajstić information content (AvgIpc) is 2.49. The summed E-state index contributed by atoms with van der Waals surface area (Å²) in [6.07, 6.45) is 0. The van der Waals surface area contributed by atoms with Crippen molar-refractivity contribution in [2.24, 2.45) is 4.99 Å². The standard InChI is InChI=1S/C15H24ClN3O2.HI/c1-4-17-15(18-8-9-21-5-2)19-11-12-6-7-13(16)10-14(12)20-3;/h6-7,10H,4-5,8-9,11H2,1-3H3,(H2,17,18,19);1H. The zero-order chi connectivity index (χ0) is 15.5. The molecule has 0 aliphatic heterocycles. The molecule has 0 spiro atoms. The average molecular weight is 442 g/mol. The fourth-order valence-electron chi connectivity index (χ4n) is 1.74. The van der Waals surface area contributed by atoms with Crippen molar-refractivity contribution in [2.75, 3.05) is 33.4 Å². The first-order valence-corrected chi connectivity index (χ1v) is 7.51. The van der Waals surface area contributed by atoms with Gasteiger partial charge in [0.05, 0.1) is 20.3 Å². The Morgan fingerprint density at radius 2 is 2.05 bits per heavy atom. The second kappa shape index (κ2) is 12.8. The maximum absolute atomic E-state index is 5.95. The zero-order valence-corrected chi connectivity index (χ0v) is 16.4. The van der Waals surface area contributed by atoms with Crippen LogP contribution in [0.4, 0.5) is 0 Å². The minimum absolute atomic E-state index is 0. The Kier molecular flexibility index (Phi) is 12.4. The van der Waals surface area contributed by atoms with Gasteiger partial charge in [-0.3, -0.25) is 0 Å². The molecule has 0 aromatic heterocycles. The summed E-state index contributed by atoms with van der Waals surface area (Å²) in [6, 6.07) is 5.56. The molecular formula is C15H25ClIN3O2. The van der Waals surface area contributed by atoms with E-state index in [4.69, 9.17) is 21.1 Å². The Balaban J connectivity index is 0.00000441. The number of nitrogens with zero attached hydrogens (tertiary/aromatic N) is 1. The van der Waals surface area contributed by atoms with Crippen molar-refractivity contribution >= 4 is 41.5 Å². The number of aliphatic imine (C=N–C) groups is 1. The predicted molar refractivity (Wildman–Crippen MR) is 103 cm³/mol. The van der Waals surface area contributed by atoms with Crippen LogP contribution in [0.1, 0.15) is 19.4 Å². The van der Waals surface area contributed by atoms with E-state index in [-0.39, 0.29) is 24.0 Å². The molecule has 22 heavy (non-hydrogen) atoms. The Morgan fingerprint density at radius 3 is 2.68 bits per heavy atom. The van der Waals surface area contributed by atoms with Crippen molar-refractivity contribution in [3.63, 3.8) is 0 Å². The van der Waals surface area contributed by atoms with E-state index in [1.165, 1.54) is 0 Å². The lowest BCUT2D eigenvalue weighted by Crippen LogP contribution is -2.39. The van der Waals surface area contributed by atoms with Crippen LogP contribution in [0, 0.1) is 0 Å². The van der Waals surface area contributed by atoms with Crippen molar-refractivity contribution < 1.29 is 9.47 Å². The molecule has 0 aliphatic rings. The first kappa shape index (κ1) is 21.3. The molecule has 0 heterocycles. The van der Waals surface area contributed by atoms with Crippen molar-refractivity contribution in [3.8, 4) is 5.75 Å². The van der Waals surface area contributed by atoms with E-state index in [9.17, 15) is 0 Å². The summed E-state index contributed by atoms with van der Waals surface area (Å²) in [6.45, 7) is 7.43. The highest BCUT2D eigenvalue weighted by atomic mass is 127. The molecule has 0 bridgehead atoms. The van der Waals surface area contributed by atoms with Crippen LogP contribution in [0.2, 0.25) is 5.02 Å². The van der Waals surface area contributed by atoms with E-state index in [0.717, 1.165) is 37.0 Å². The highest BCUT2D eigenvalue weighted by Crippen LogP contribution is 2.23. The lowest BCUT2D eigenvalue weighted by molar-refractivity contribution is 0.152. The highest BCUT2D eigenvalue weighted by Gasteiger charge is 2.04. The molecule has 2 N–H and O–H groups in total. The molecule has 7 heteroatoms. The second-order valence-corrected chi connectivity index (χ2v) is 4.71. The SMILES string of the molecule is CCNC(=NCc1ccc(Cl)cc1OC)NCCOCC.I. The number of methoxy groups -OCH3 is 1. The van der Waals surface area contributed by atoms with E-state index in [1.54, 1.807) is 13.2 Å². The van der Waals surface area contributed by atoms with Crippen molar-refractivity contribution in [2.45, 2.75) is 20.4 Å². The highest BCUT2D eigenvalue weighted by molar-refractivity contribution is 14.0. The molecule has 0 saturated heterocycles. The number of nitrogens with one attached hydrogen (secondary N) is 2. The van der Waals surface area contributed by atoms with E-state index >= 15 is 0 Å². The molecule has 126 valence electrons. The minimum atomic E-state index is 0. The van der Waals surface area contributed by atoms with Gasteiger partial charge in [0.1, 0.15) is 5.75 Å². The summed E-state index contributed by atoms with van der Waals surface area (Å²) in [5, 5.41) is 7.07. The number of hydrogen-bond donors (Lipinski definition) is 2. The van der Waals surface area contributed by atoms with Gasteiger partial charge in [0.2, 0.25) is 0 Å². The topological polar surface area (TPSA) is 54.9 Å². The van der Waals surface area contributed by atoms with Gasteiger partial charge in [0.25, 0.3) is 0 Å². The number of hydrogen-bond acceptors (Lipinski definition) is 3. The molecule has 0 radical (unpaired) electrons. The summed E-state index contributed by atoms with van der Waals surface area (Å²) >= 11 is 5.95. The third-order valence-corrected chi connectivity index (χ3v) is 2.98. The zero-order valence-electron chi connectivity index (χ0n) is 13.3. The lowest BCUT2D eigenvalue weighted by atomic mass is 10.2. The Labute approximate surface area is 154 Å². The maximum atomic E-state index is 5.95. The lowest BCUT2D eigenvalue weighted by Gasteiger charge is -2.12. The summed E-state index contributed by atoms with van der Waals surface area (Å²) < 4.78 is 10.6. The smallest absolute Gasteiger partial charge is 0.191 e. The summed E-state index contributed by atoms with van der Waals surface area (Å²) in [5.74, 6) is 1.51. The van der Waals surface area contributed by atoms with E-state index in [2.05, 4.69) is 15.6 Å². The quantitative estimate of drug-likeness (QED) is 0.282. The Morgan fingerprint density at radius 1 is 1.27 bits per heavy atom. The summed E-state index contributed by atoms with van der Waals surface area (Å²) in [4.78, 5) is 4.54. The van der Waals surface area contributed by atoms with Gasteiger partial charge in [-0.05, 0) is 26.0 Å². The fourth-order valence-corrected chi connectivity index (χ4v) is 1.90. The van der Waals surface area contributed by atoms with Crippen LogP contribution in [0.15, 0.2) is 23.2 Å². The Bertz CT molecular complexity index is 458. The minimum Gasteiger partial charge on any atom is -0.496 e. The van der Waals surface area contributed by atoms with Crippen LogP contribution < -0.4 is 15.4 Å². The third-order valence-electron chi connectivity index (χ3n) is 2.74. The van der Waals surface area contributed by atoms with Gasteiger partial charge in [-0.2, -0.15) is 0 Å². The van der Waals surface area contributed by atoms with E-state index in [0.29, 0.717) is 18.2 Å². The number of rotatable bonds is 8. The third kappa shape index (κ3) is 8.05. The largest absolute Gasteiger partial charge is 0.496 e. The van der Waals surface area contributed by atoms with Gasteiger partial charge < -0.3 is 20.1 Å². The molecule has 0 atom stereocenters. The number of guanidine groups is 1. The Hall–Kier alpha value is -0.730. The van der Waals surface area contributed by atoms with E-state index in [1.807, 2.05) is 26.0 Å². The molecule has 0 fully saturated rings. The first-order valence-electron chi connectivity index (χ1n) is 7.13. The van der Waals surface area contributed by atoms with Gasteiger partial charge in [0, 0.05) is 30.3 Å². The fraction of sp³-hybridized carbons (Fsp3) is 0.533. The van der Waals surface area contributed by atoms with Crippen molar-refractivity contribution in [1.29, 1.82) is 0 Å². The first-order chi connectivity index (χ1) is 10.2. The predicted octanol–water partition coefficient (Wildman–Crippen LogP) is 3.06. The summed E-state index contributed by atoms with van der Waals surface area (Å²) in [7, 11) is 1.63. The van der Waals surface area contributed by atoms with Gasteiger partial charge in [-0.1, -0.05) is 17.7 Å². The summed E-state index contributed by atoms with van der Waals surface area (Å²) in [5.41, 5.74) is 0.990. The molecular weight excluding hydrogens is 417 g/mol. The molecule has 0 unspecified atom stereocenters. The number of ether oxygens (including phenoxy) is 2. The van der Waals surface area contributed by atoms with Crippen LogP contribution in [0.3, 0.4) is 0 Å². The van der Waals surface area contributed by atoms with E-state index < -0.39 is 0 Å². The molecule has 0 aliphatic carbocycles. The van der Waals surface area contributed by atoms with Crippen LogP contribution in [0.5, 0.6) is 5.75 Å². The van der Waals surface area contributed by atoms with Crippen molar-refractivity contribution in [3.05, 3.63) is 28.8 Å². The van der Waals surface area contributed by atoms with Crippen LogP contribution in [0.25, 0.3) is 0 Å².